The molecule has 174 valence electrons. The van der Waals surface area contributed by atoms with Gasteiger partial charge in [-0.15, -0.1) is 37.2 Å². The number of aryl methyl sites for hydroxylation is 2. The number of para-hydroxylation sites is 1. The number of aromatic nitrogens is 2. The van der Waals surface area contributed by atoms with Crippen molar-refractivity contribution in [3.05, 3.63) is 48.0 Å². The summed E-state index contributed by atoms with van der Waals surface area (Å²) in [6.45, 7) is 2.75. The maximum atomic E-state index is 12.5. The zero-order valence-electron chi connectivity index (χ0n) is 18.1. The fourth-order valence-corrected chi connectivity index (χ4v) is 4.02. The van der Waals surface area contributed by atoms with Gasteiger partial charge in [-0.05, 0) is 56.1 Å². The maximum Gasteiger partial charge on any atom is 0.241 e. The molecule has 5 N–H and O–H groups in total. The zero-order chi connectivity index (χ0) is 20.5. The molecule has 9 heteroatoms. The number of halogens is 3. The number of fused-ring (bicyclic) bond motifs is 4. The van der Waals surface area contributed by atoms with E-state index in [0.717, 1.165) is 51.4 Å². The van der Waals surface area contributed by atoms with Gasteiger partial charge >= 0.3 is 0 Å². The van der Waals surface area contributed by atoms with E-state index >= 15 is 0 Å². The highest BCUT2D eigenvalue weighted by Crippen LogP contribution is 2.34. The molecule has 0 aliphatic rings. The molecule has 2 aromatic heterocycles. The van der Waals surface area contributed by atoms with Crippen LogP contribution < -0.4 is 16.8 Å². The highest BCUT2D eigenvalue weighted by atomic mass is 35.5. The van der Waals surface area contributed by atoms with Crippen LogP contribution in [0.3, 0.4) is 0 Å². The van der Waals surface area contributed by atoms with Crippen LogP contribution in [0, 0.1) is 6.92 Å². The molecule has 4 aromatic rings. The third kappa shape index (κ3) is 5.11. The van der Waals surface area contributed by atoms with E-state index in [1.54, 1.807) is 0 Å². The minimum Gasteiger partial charge on any atom is -0.330 e. The van der Waals surface area contributed by atoms with E-state index < -0.39 is 6.04 Å². The lowest BCUT2D eigenvalue weighted by Gasteiger charge is -2.12. The number of pyridine rings is 1. The highest BCUT2D eigenvalue weighted by Gasteiger charge is 2.17. The molecule has 0 fully saturated rings. The Morgan fingerprint density at radius 3 is 2.53 bits per heavy atom. The predicted molar refractivity (Wildman–Crippen MR) is 142 cm³/mol. The zero-order valence-corrected chi connectivity index (χ0v) is 20.6. The summed E-state index contributed by atoms with van der Waals surface area (Å²) in [6.07, 6.45) is 2.36. The average Bonchev–Trinajstić information content (AvgIpc) is 3.00. The van der Waals surface area contributed by atoms with Gasteiger partial charge in [0.05, 0.1) is 17.1 Å². The first-order valence-corrected chi connectivity index (χ1v) is 10.0. The molecular formula is C23H30Cl3N5O. The van der Waals surface area contributed by atoms with Crippen molar-refractivity contribution >= 4 is 81.7 Å². The number of nitrogens with one attached hydrogen (secondary N) is 1. The van der Waals surface area contributed by atoms with Crippen molar-refractivity contribution in [3.63, 3.8) is 0 Å². The fourth-order valence-electron chi connectivity index (χ4n) is 4.02. The number of benzene rings is 2. The molecular weight excluding hydrogens is 469 g/mol. The van der Waals surface area contributed by atoms with Gasteiger partial charge in [-0.3, -0.25) is 4.79 Å². The number of unbranched alkanes of at least 4 members (excludes halogenated alkanes) is 1. The van der Waals surface area contributed by atoms with Gasteiger partial charge in [0.25, 0.3) is 0 Å². The number of hydrogen-bond acceptors (Lipinski definition) is 4. The highest BCUT2D eigenvalue weighted by molar-refractivity contribution is 6.13. The number of nitrogens with zero attached hydrogens (tertiary/aromatic N) is 2. The van der Waals surface area contributed by atoms with E-state index in [-0.39, 0.29) is 43.1 Å². The van der Waals surface area contributed by atoms with E-state index in [9.17, 15) is 4.79 Å². The lowest BCUT2D eigenvalue weighted by atomic mass is 10.0. The Hall–Kier alpha value is -2.09. The lowest BCUT2D eigenvalue weighted by Crippen LogP contribution is -2.35. The molecule has 2 heterocycles. The first kappa shape index (κ1) is 27.9. The van der Waals surface area contributed by atoms with E-state index in [1.807, 2.05) is 43.4 Å². The van der Waals surface area contributed by atoms with Crippen molar-refractivity contribution in [1.82, 2.24) is 9.55 Å². The molecule has 0 saturated heterocycles. The van der Waals surface area contributed by atoms with Crippen LogP contribution in [0.1, 0.15) is 24.8 Å². The van der Waals surface area contributed by atoms with Gasteiger partial charge in [0.2, 0.25) is 5.91 Å². The monoisotopic (exact) mass is 497 g/mol. The first-order chi connectivity index (χ1) is 14.0. The quantitative estimate of drug-likeness (QED) is 0.331. The Bertz CT molecular complexity index is 1220. The van der Waals surface area contributed by atoms with Gasteiger partial charge in [-0.25, -0.2) is 4.98 Å². The lowest BCUT2D eigenvalue weighted by molar-refractivity contribution is -0.117. The number of carbonyl (C=O) groups excluding carboxylic acids is 1. The third-order valence-electron chi connectivity index (χ3n) is 5.65. The number of rotatable bonds is 6. The Balaban J connectivity index is 0.00000171. The molecule has 0 spiro atoms. The minimum absolute atomic E-state index is 0. The Morgan fingerprint density at radius 2 is 1.81 bits per heavy atom. The average molecular weight is 499 g/mol. The van der Waals surface area contributed by atoms with Crippen molar-refractivity contribution < 1.29 is 4.79 Å². The summed E-state index contributed by atoms with van der Waals surface area (Å²) < 4.78 is 2.11. The van der Waals surface area contributed by atoms with Crippen molar-refractivity contribution in [2.75, 3.05) is 11.9 Å². The van der Waals surface area contributed by atoms with Gasteiger partial charge in [-0.1, -0.05) is 24.6 Å². The summed E-state index contributed by atoms with van der Waals surface area (Å²) in [5.74, 6) is -0.165. The van der Waals surface area contributed by atoms with Crippen molar-refractivity contribution in [1.29, 1.82) is 0 Å². The van der Waals surface area contributed by atoms with Crippen LogP contribution in [0.2, 0.25) is 0 Å². The first-order valence-electron chi connectivity index (χ1n) is 10.0. The van der Waals surface area contributed by atoms with E-state index in [0.29, 0.717) is 13.0 Å². The Kier molecular flexibility index (Phi) is 10.2. The summed E-state index contributed by atoms with van der Waals surface area (Å²) in [5.41, 5.74) is 16.5. The molecule has 32 heavy (non-hydrogen) atoms. The van der Waals surface area contributed by atoms with Crippen LogP contribution in [0.5, 0.6) is 0 Å². The summed E-state index contributed by atoms with van der Waals surface area (Å²) in [6, 6.07) is 13.6. The second kappa shape index (κ2) is 11.7. The van der Waals surface area contributed by atoms with Gasteiger partial charge < -0.3 is 21.4 Å². The maximum absolute atomic E-state index is 12.5. The number of hydrogen-bond donors (Lipinski definition) is 3. The fraction of sp³-hybridized carbons (Fsp3) is 0.304. The molecule has 0 aliphatic heterocycles. The predicted octanol–water partition coefficient (Wildman–Crippen LogP) is 4.85. The van der Waals surface area contributed by atoms with Gasteiger partial charge in [0, 0.05) is 28.9 Å². The molecule has 0 radical (unpaired) electrons. The summed E-state index contributed by atoms with van der Waals surface area (Å²) in [5, 5.41) is 6.30. The normalized spacial score (nSPS) is 11.5. The molecule has 2 aromatic carbocycles. The van der Waals surface area contributed by atoms with Crippen LogP contribution in [0.15, 0.2) is 42.5 Å². The second-order valence-electron chi connectivity index (χ2n) is 7.62. The smallest absolute Gasteiger partial charge is 0.241 e. The second-order valence-corrected chi connectivity index (χ2v) is 7.62. The topological polar surface area (TPSA) is 99.0 Å². The van der Waals surface area contributed by atoms with Gasteiger partial charge in [0.1, 0.15) is 5.65 Å². The molecule has 6 nitrogen and oxygen atoms in total. The molecule has 0 aliphatic carbocycles. The molecule has 0 unspecified atom stereocenters. The molecule has 1 amide bonds. The number of amides is 1. The Morgan fingerprint density at radius 1 is 1.09 bits per heavy atom. The van der Waals surface area contributed by atoms with Gasteiger partial charge in [-0.2, -0.15) is 0 Å². The summed E-state index contributed by atoms with van der Waals surface area (Å²) in [7, 11) is 2.03. The van der Waals surface area contributed by atoms with Crippen LogP contribution in [-0.4, -0.2) is 28.0 Å². The minimum atomic E-state index is -0.530. The molecule has 0 bridgehead atoms. The van der Waals surface area contributed by atoms with E-state index in [4.69, 9.17) is 16.5 Å². The summed E-state index contributed by atoms with van der Waals surface area (Å²) in [4.78, 5) is 17.3. The Labute approximate surface area is 206 Å². The molecule has 1 atom stereocenters. The van der Waals surface area contributed by atoms with E-state index in [2.05, 4.69) is 22.9 Å². The van der Waals surface area contributed by atoms with Crippen LogP contribution in [0.25, 0.3) is 32.8 Å². The van der Waals surface area contributed by atoms with Crippen LogP contribution in [0.4, 0.5) is 5.69 Å². The number of carbonyl (C=O) groups is 1. The molecule has 4 rings (SSSR count). The number of anilines is 1. The van der Waals surface area contributed by atoms with Crippen molar-refractivity contribution in [3.8, 4) is 0 Å². The summed E-state index contributed by atoms with van der Waals surface area (Å²) >= 11 is 0. The van der Waals surface area contributed by atoms with E-state index in [1.165, 1.54) is 5.56 Å². The van der Waals surface area contributed by atoms with Crippen LogP contribution >= 0.6 is 37.2 Å². The SMILES string of the molecule is Cc1c2ccccc2nc2c1c1cc(NC(=O)[C@@H](N)CCCCN)ccc1n2C.Cl.Cl.Cl. The molecule has 0 saturated carbocycles. The van der Waals surface area contributed by atoms with Crippen LogP contribution in [-0.2, 0) is 11.8 Å². The number of nitrogens with two attached hydrogens (primary N) is 2. The van der Waals surface area contributed by atoms with Crippen molar-refractivity contribution in [2.45, 2.75) is 32.2 Å². The third-order valence-corrected chi connectivity index (χ3v) is 5.65. The van der Waals surface area contributed by atoms with Crippen molar-refractivity contribution in [2.24, 2.45) is 18.5 Å². The largest absolute Gasteiger partial charge is 0.330 e. The van der Waals surface area contributed by atoms with Gasteiger partial charge in [0.15, 0.2) is 0 Å². The standard InChI is InChI=1S/C23H27N5O.3ClH/c1-14-16-7-3-4-9-19(16)27-22-21(14)17-13-15(10-11-20(17)28(22)2)26-23(29)18(25)8-5-6-12-24;;;/h3-4,7,9-11,13,18H,5-6,8,12,24-25H2,1-2H3,(H,26,29);3*1H/t18-;;;/m0.../s1.